The van der Waals surface area contributed by atoms with Gasteiger partial charge in [-0.3, -0.25) is 0 Å². The van der Waals surface area contributed by atoms with Crippen LogP contribution < -0.4 is 4.74 Å². The Balaban J connectivity index is 1.34. The van der Waals surface area contributed by atoms with E-state index in [9.17, 15) is 0 Å². The highest BCUT2D eigenvalue weighted by Crippen LogP contribution is 2.25. The predicted molar refractivity (Wildman–Crippen MR) is 99.1 cm³/mol. The monoisotopic (exact) mass is 336 g/mol. The lowest BCUT2D eigenvalue weighted by Gasteiger charge is -2.19. The summed E-state index contributed by atoms with van der Waals surface area (Å²) in [6, 6.07) is 15.9. The third-order valence-electron chi connectivity index (χ3n) is 4.82. The number of rotatable bonds is 5. The van der Waals surface area contributed by atoms with Crippen LogP contribution in [0.1, 0.15) is 31.2 Å². The molecule has 4 heteroatoms. The quantitative estimate of drug-likeness (QED) is 0.654. The first-order valence-electron chi connectivity index (χ1n) is 9.21. The largest absolute Gasteiger partial charge is 0.411 e. The van der Waals surface area contributed by atoms with Crippen LogP contribution >= 0.6 is 0 Å². The number of aromatic nitrogens is 1. The van der Waals surface area contributed by atoms with E-state index >= 15 is 0 Å². The summed E-state index contributed by atoms with van der Waals surface area (Å²) in [5.41, 5.74) is 2.90. The molecule has 1 aromatic heterocycles. The van der Waals surface area contributed by atoms with Gasteiger partial charge >= 0.3 is 6.08 Å². The first-order valence-corrected chi connectivity index (χ1v) is 9.21. The van der Waals surface area contributed by atoms with Crippen molar-refractivity contribution in [3.63, 3.8) is 0 Å². The third-order valence-corrected chi connectivity index (χ3v) is 4.82. The Kier molecular flexibility index (Phi) is 4.98. The van der Waals surface area contributed by atoms with E-state index in [0.717, 1.165) is 29.8 Å². The van der Waals surface area contributed by atoms with Crippen LogP contribution in [0.3, 0.4) is 0 Å². The molecular weight excluding hydrogens is 312 g/mol. The second-order valence-electron chi connectivity index (χ2n) is 6.70. The zero-order chi connectivity index (χ0) is 16.9. The van der Waals surface area contributed by atoms with Crippen molar-refractivity contribution in [1.82, 2.24) is 9.88 Å². The fourth-order valence-corrected chi connectivity index (χ4v) is 3.37. The highest BCUT2D eigenvalue weighted by atomic mass is 16.6. The average Bonchev–Trinajstić information content (AvgIpc) is 2.86. The SMILES string of the molecule is c1ccc2oc(Oc3ccc(CCN4CCCCCC4)cc3)nc2c1. The fraction of sp³-hybridized carbons (Fsp3) is 0.381. The van der Waals surface area contributed by atoms with Gasteiger partial charge in [0, 0.05) is 6.54 Å². The van der Waals surface area contributed by atoms with Gasteiger partial charge in [-0.1, -0.05) is 37.1 Å². The minimum Gasteiger partial charge on any atom is -0.411 e. The van der Waals surface area contributed by atoms with Crippen molar-refractivity contribution in [3.8, 4) is 11.8 Å². The predicted octanol–water partition coefficient (Wildman–Crippen LogP) is 5.04. The Labute approximate surface area is 148 Å². The number of ether oxygens (including phenoxy) is 1. The third kappa shape index (κ3) is 4.20. The highest BCUT2D eigenvalue weighted by Gasteiger charge is 2.10. The maximum atomic E-state index is 5.74. The lowest BCUT2D eigenvalue weighted by atomic mass is 10.1. The molecule has 3 aromatic rings. The van der Waals surface area contributed by atoms with Crippen molar-refractivity contribution >= 4 is 11.1 Å². The molecule has 0 amide bonds. The van der Waals surface area contributed by atoms with Gasteiger partial charge < -0.3 is 14.1 Å². The molecule has 1 aliphatic rings. The van der Waals surface area contributed by atoms with Gasteiger partial charge in [0.15, 0.2) is 5.58 Å². The molecule has 1 fully saturated rings. The van der Waals surface area contributed by atoms with Crippen LogP contribution in [0.15, 0.2) is 52.9 Å². The first kappa shape index (κ1) is 16.2. The Morgan fingerprint density at radius 3 is 2.44 bits per heavy atom. The molecule has 0 radical (unpaired) electrons. The highest BCUT2D eigenvalue weighted by molar-refractivity contribution is 5.72. The summed E-state index contributed by atoms with van der Waals surface area (Å²) in [5.74, 6) is 0.755. The van der Waals surface area contributed by atoms with E-state index in [0.29, 0.717) is 6.08 Å². The van der Waals surface area contributed by atoms with Gasteiger partial charge in [0.2, 0.25) is 0 Å². The summed E-state index contributed by atoms with van der Waals surface area (Å²) in [5, 5.41) is 0. The Hall–Kier alpha value is -2.33. The molecule has 0 unspecified atom stereocenters. The maximum Gasteiger partial charge on any atom is 0.400 e. The second-order valence-corrected chi connectivity index (χ2v) is 6.70. The number of hydrogen-bond donors (Lipinski definition) is 0. The second kappa shape index (κ2) is 7.70. The summed E-state index contributed by atoms with van der Waals surface area (Å²) in [4.78, 5) is 6.93. The molecule has 4 nitrogen and oxygen atoms in total. The number of para-hydroxylation sites is 2. The van der Waals surface area contributed by atoms with Crippen molar-refractivity contribution in [1.29, 1.82) is 0 Å². The van der Waals surface area contributed by atoms with Gasteiger partial charge in [-0.2, -0.15) is 4.98 Å². The molecule has 1 saturated heterocycles. The summed E-state index contributed by atoms with van der Waals surface area (Å²) >= 11 is 0. The van der Waals surface area contributed by atoms with Crippen molar-refractivity contribution in [2.75, 3.05) is 19.6 Å². The number of likely N-dealkylation sites (tertiary alicyclic amines) is 1. The molecule has 4 rings (SSSR count). The smallest absolute Gasteiger partial charge is 0.400 e. The number of nitrogens with zero attached hydrogens (tertiary/aromatic N) is 2. The molecule has 130 valence electrons. The minimum absolute atomic E-state index is 0.290. The molecule has 0 aliphatic carbocycles. The van der Waals surface area contributed by atoms with Crippen LogP contribution in [0.4, 0.5) is 0 Å². The summed E-state index contributed by atoms with van der Waals surface area (Å²) in [6.45, 7) is 3.64. The Bertz CT molecular complexity index is 769. The molecule has 0 N–H and O–H groups in total. The first-order chi connectivity index (χ1) is 12.4. The van der Waals surface area contributed by atoms with Crippen molar-refractivity contribution < 1.29 is 9.15 Å². The van der Waals surface area contributed by atoms with E-state index < -0.39 is 0 Å². The standard InChI is InChI=1S/C21H24N2O2/c1-2-6-15-23(14-5-1)16-13-17-9-11-18(12-10-17)24-21-22-19-7-3-4-8-20(19)25-21/h3-4,7-12H,1-2,5-6,13-16H2. The van der Waals surface area contributed by atoms with E-state index in [1.165, 1.54) is 44.3 Å². The van der Waals surface area contributed by atoms with Crippen LogP contribution in [0, 0.1) is 0 Å². The van der Waals surface area contributed by atoms with E-state index in [1.54, 1.807) is 0 Å². The zero-order valence-corrected chi connectivity index (χ0v) is 14.5. The van der Waals surface area contributed by atoms with Gasteiger partial charge in [-0.25, -0.2) is 0 Å². The van der Waals surface area contributed by atoms with Crippen LogP contribution in [0.25, 0.3) is 11.1 Å². The maximum absolute atomic E-state index is 5.74. The number of oxazole rings is 1. The topological polar surface area (TPSA) is 38.5 Å². The van der Waals surface area contributed by atoms with Crippen LogP contribution in [-0.2, 0) is 6.42 Å². The van der Waals surface area contributed by atoms with Gasteiger partial charge in [-0.05, 0) is 62.2 Å². The minimum atomic E-state index is 0.290. The van der Waals surface area contributed by atoms with E-state index in [4.69, 9.17) is 9.15 Å². The van der Waals surface area contributed by atoms with Crippen LogP contribution in [0.2, 0.25) is 0 Å². The zero-order valence-electron chi connectivity index (χ0n) is 14.5. The molecule has 0 spiro atoms. The van der Waals surface area contributed by atoms with Crippen molar-refractivity contribution in [2.24, 2.45) is 0 Å². The average molecular weight is 336 g/mol. The van der Waals surface area contributed by atoms with Gasteiger partial charge in [0.1, 0.15) is 11.3 Å². The molecular formula is C21H24N2O2. The fourth-order valence-electron chi connectivity index (χ4n) is 3.37. The lowest BCUT2D eigenvalue weighted by Crippen LogP contribution is -2.26. The van der Waals surface area contributed by atoms with Gasteiger partial charge in [0.05, 0.1) is 0 Å². The lowest BCUT2D eigenvalue weighted by molar-refractivity contribution is 0.289. The molecule has 0 bridgehead atoms. The molecule has 2 aromatic carbocycles. The molecule has 0 atom stereocenters. The normalized spacial score (nSPS) is 16.0. The molecule has 25 heavy (non-hydrogen) atoms. The summed E-state index contributed by atoms with van der Waals surface area (Å²) in [7, 11) is 0. The Morgan fingerprint density at radius 2 is 1.68 bits per heavy atom. The van der Waals surface area contributed by atoms with Gasteiger partial charge in [0.25, 0.3) is 0 Å². The van der Waals surface area contributed by atoms with E-state index in [2.05, 4.69) is 22.0 Å². The molecule has 0 saturated carbocycles. The van der Waals surface area contributed by atoms with Crippen LogP contribution in [0.5, 0.6) is 11.8 Å². The van der Waals surface area contributed by atoms with Crippen molar-refractivity contribution in [3.05, 3.63) is 54.1 Å². The number of hydrogen-bond acceptors (Lipinski definition) is 4. The molecule has 2 heterocycles. The molecule has 1 aliphatic heterocycles. The van der Waals surface area contributed by atoms with Gasteiger partial charge in [-0.15, -0.1) is 0 Å². The van der Waals surface area contributed by atoms with E-state index in [1.807, 2.05) is 36.4 Å². The Morgan fingerprint density at radius 1 is 0.920 bits per heavy atom. The van der Waals surface area contributed by atoms with Crippen LogP contribution in [-0.4, -0.2) is 29.5 Å². The number of benzene rings is 2. The number of fused-ring (bicyclic) bond motifs is 1. The van der Waals surface area contributed by atoms with E-state index in [-0.39, 0.29) is 0 Å². The summed E-state index contributed by atoms with van der Waals surface area (Å²) in [6.07, 6.45) is 6.84. The summed E-state index contributed by atoms with van der Waals surface area (Å²) < 4.78 is 11.3. The van der Waals surface area contributed by atoms with Crippen molar-refractivity contribution in [2.45, 2.75) is 32.1 Å².